The Morgan fingerprint density at radius 1 is 0.520 bits per heavy atom. The smallest absolute Gasteiger partial charge is 0.146 e. The van der Waals surface area contributed by atoms with Crippen LogP contribution in [0.4, 0.5) is 5.69 Å². The van der Waals surface area contributed by atoms with Gasteiger partial charge in [-0.3, -0.25) is 9.56 Å². The zero-order chi connectivity index (χ0) is 32.8. The van der Waals surface area contributed by atoms with Gasteiger partial charge in [-0.15, -0.1) is 0 Å². The summed E-state index contributed by atoms with van der Waals surface area (Å²) in [6.07, 6.45) is -0.275. The number of imidazole rings is 1. The molecule has 3 aliphatic rings. The van der Waals surface area contributed by atoms with E-state index >= 15 is 0 Å². The van der Waals surface area contributed by atoms with E-state index in [0.717, 1.165) is 50.6 Å². The summed E-state index contributed by atoms with van der Waals surface area (Å²) in [5.74, 6) is 0.962. The van der Waals surface area contributed by atoms with Gasteiger partial charge in [0.15, 0.2) is 0 Å². The molecule has 0 bridgehead atoms. The molecule has 3 heterocycles. The maximum atomic E-state index is 5.49. The molecule has 1 aromatic heterocycles. The average Bonchev–Trinajstić information content (AvgIpc) is 3.73. The Morgan fingerprint density at radius 3 is 2.00 bits per heavy atom. The molecule has 2 unspecified atom stereocenters. The fraction of sp³-hybridized carbons (Fsp3) is 0.0435. The highest BCUT2D eigenvalue weighted by Gasteiger charge is 2.51. The lowest BCUT2D eigenvalue weighted by atomic mass is 9.65. The Balaban J connectivity index is 1.22. The molecule has 1 N–H and O–H groups in total. The standard InChI is InChI=1S/C46H30N4/c1-3-15-29(16-4-1)42-32-20-8-11-26-38(32)47-44(49-42)33-21-13-24-36-41(33)31-19-7-9-22-34(31)46(36)35-23-10-12-28-40(35)50-43-37(46)25-14-27-39(43)48-45(50)30-17-5-2-6-18-30/h1-28,44,47H. The van der Waals surface area contributed by atoms with Crippen LogP contribution in [0, 0.1) is 0 Å². The Hall–Kier alpha value is -6.52. The highest BCUT2D eigenvalue weighted by molar-refractivity contribution is 6.17. The lowest BCUT2D eigenvalue weighted by Gasteiger charge is -2.39. The van der Waals surface area contributed by atoms with Crippen molar-refractivity contribution in [3.63, 3.8) is 0 Å². The summed E-state index contributed by atoms with van der Waals surface area (Å²) in [6, 6.07) is 61.1. The van der Waals surface area contributed by atoms with Crippen molar-refractivity contribution < 1.29 is 0 Å². The average molecular weight is 639 g/mol. The number of benzene rings is 7. The van der Waals surface area contributed by atoms with Crippen molar-refractivity contribution in [2.24, 2.45) is 4.99 Å². The number of hydrogen-bond acceptors (Lipinski definition) is 3. The lowest BCUT2D eigenvalue weighted by molar-refractivity contribution is 0.743. The van der Waals surface area contributed by atoms with Gasteiger partial charge < -0.3 is 5.32 Å². The minimum Gasteiger partial charge on any atom is -0.359 e. The van der Waals surface area contributed by atoms with Gasteiger partial charge in [-0.05, 0) is 51.6 Å². The highest BCUT2D eigenvalue weighted by atomic mass is 15.1. The van der Waals surface area contributed by atoms with E-state index in [0.29, 0.717) is 0 Å². The number of nitrogens with one attached hydrogen (secondary N) is 1. The number of fused-ring (bicyclic) bond motifs is 10. The lowest BCUT2D eigenvalue weighted by Crippen LogP contribution is -2.33. The van der Waals surface area contributed by atoms with E-state index in [2.05, 4.69) is 180 Å². The second kappa shape index (κ2) is 10.2. The number of anilines is 1. The predicted molar refractivity (Wildman–Crippen MR) is 202 cm³/mol. The van der Waals surface area contributed by atoms with Crippen molar-refractivity contribution in [3.05, 3.63) is 209 Å². The topological polar surface area (TPSA) is 42.2 Å². The number of aliphatic imine (C=N–C) groups is 1. The Labute approximate surface area is 290 Å². The number of hydrogen-bond donors (Lipinski definition) is 1. The maximum Gasteiger partial charge on any atom is 0.146 e. The van der Waals surface area contributed by atoms with Gasteiger partial charge in [-0.1, -0.05) is 152 Å². The van der Waals surface area contributed by atoms with Crippen LogP contribution in [-0.4, -0.2) is 15.3 Å². The Kier molecular flexibility index (Phi) is 5.62. The Bertz CT molecular complexity index is 2690. The summed E-state index contributed by atoms with van der Waals surface area (Å²) in [5.41, 5.74) is 17.0. The van der Waals surface area contributed by atoms with Gasteiger partial charge in [0.25, 0.3) is 0 Å². The third-order valence-corrected chi connectivity index (χ3v) is 10.8. The SMILES string of the molecule is c1ccc(C2=NC(c3cccc4c3-c3ccccc3C43c4ccccc4-n4c(-c5ccccc5)nc5cccc3c54)Nc3ccccc32)cc1. The van der Waals surface area contributed by atoms with Gasteiger partial charge >= 0.3 is 0 Å². The predicted octanol–water partition coefficient (Wildman–Crippen LogP) is 10.3. The van der Waals surface area contributed by atoms with Crippen molar-refractivity contribution in [1.29, 1.82) is 0 Å². The molecule has 4 nitrogen and oxygen atoms in total. The highest BCUT2D eigenvalue weighted by Crippen LogP contribution is 2.61. The van der Waals surface area contributed by atoms with Crippen LogP contribution in [0.2, 0.25) is 0 Å². The van der Waals surface area contributed by atoms with Crippen LogP contribution in [0.3, 0.4) is 0 Å². The van der Waals surface area contributed by atoms with Crippen molar-refractivity contribution >= 4 is 22.4 Å². The van der Waals surface area contributed by atoms with E-state index in [1.165, 1.54) is 38.9 Å². The van der Waals surface area contributed by atoms with Crippen LogP contribution < -0.4 is 5.32 Å². The molecule has 8 aromatic rings. The molecule has 50 heavy (non-hydrogen) atoms. The third-order valence-electron chi connectivity index (χ3n) is 10.8. The Morgan fingerprint density at radius 2 is 1.16 bits per heavy atom. The second-order valence-corrected chi connectivity index (χ2v) is 13.3. The summed E-state index contributed by atoms with van der Waals surface area (Å²) in [7, 11) is 0. The minimum absolute atomic E-state index is 0.275. The van der Waals surface area contributed by atoms with E-state index in [1.807, 2.05) is 0 Å². The monoisotopic (exact) mass is 638 g/mol. The molecule has 0 fully saturated rings. The molecule has 234 valence electrons. The third kappa shape index (κ3) is 3.54. The van der Waals surface area contributed by atoms with Crippen LogP contribution in [0.5, 0.6) is 0 Å². The molecular formula is C46H30N4. The molecule has 7 aromatic carbocycles. The fourth-order valence-corrected chi connectivity index (χ4v) is 8.91. The molecule has 0 saturated heterocycles. The summed E-state index contributed by atoms with van der Waals surface area (Å²) in [4.78, 5) is 10.8. The first-order valence-corrected chi connectivity index (χ1v) is 17.2. The van der Waals surface area contributed by atoms with Crippen LogP contribution in [0.1, 0.15) is 45.1 Å². The van der Waals surface area contributed by atoms with E-state index in [-0.39, 0.29) is 6.17 Å². The van der Waals surface area contributed by atoms with Gasteiger partial charge in [-0.25, -0.2) is 4.98 Å². The minimum atomic E-state index is -0.541. The molecule has 4 heteroatoms. The second-order valence-electron chi connectivity index (χ2n) is 13.3. The summed E-state index contributed by atoms with van der Waals surface area (Å²) in [5, 5.41) is 3.84. The molecule has 2 atom stereocenters. The quantitative estimate of drug-likeness (QED) is 0.209. The normalized spacial score (nSPS) is 17.8. The van der Waals surface area contributed by atoms with Crippen molar-refractivity contribution in [1.82, 2.24) is 9.55 Å². The first kappa shape index (κ1) is 27.4. The van der Waals surface area contributed by atoms with Crippen LogP contribution in [0.25, 0.3) is 39.2 Å². The van der Waals surface area contributed by atoms with Crippen molar-refractivity contribution in [3.8, 4) is 28.2 Å². The number of nitrogens with zero attached hydrogens (tertiary/aromatic N) is 3. The first-order valence-electron chi connectivity index (χ1n) is 17.2. The number of para-hydroxylation sites is 3. The van der Waals surface area contributed by atoms with Crippen LogP contribution in [0.15, 0.2) is 175 Å². The van der Waals surface area contributed by atoms with Crippen molar-refractivity contribution in [2.45, 2.75) is 11.6 Å². The molecule has 0 saturated carbocycles. The van der Waals surface area contributed by atoms with Gasteiger partial charge in [0, 0.05) is 27.9 Å². The zero-order valence-electron chi connectivity index (χ0n) is 27.1. The van der Waals surface area contributed by atoms with E-state index in [4.69, 9.17) is 9.98 Å². The zero-order valence-corrected chi connectivity index (χ0v) is 27.1. The summed E-state index contributed by atoms with van der Waals surface area (Å²) >= 11 is 0. The molecule has 1 aliphatic carbocycles. The van der Waals surface area contributed by atoms with E-state index in [1.54, 1.807) is 0 Å². The largest absolute Gasteiger partial charge is 0.359 e. The van der Waals surface area contributed by atoms with Crippen molar-refractivity contribution in [2.75, 3.05) is 5.32 Å². The van der Waals surface area contributed by atoms with Gasteiger partial charge in [-0.2, -0.15) is 0 Å². The van der Waals surface area contributed by atoms with E-state index in [9.17, 15) is 0 Å². The van der Waals surface area contributed by atoms with Crippen LogP contribution in [-0.2, 0) is 5.41 Å². The molecule has 0 amide bonds. The number of rotatable bonds is 3. The maximum absolute atomic E-state index is 5.49. The fourth-order valence-electron chi connectivity index (χ4n) is 8.91. The summed E-state index contributed by atoms with van der Waals surface area (Å²) in [6.45, 7) is 0. The van der Waals surface area contributed by atoms with Gasteiger partial charge in [0.2, 0.25) is 0 Å². The van der Waals surface area contributed by atoms with Crippen LogP contribution >= 0.6 is 0 Å². The molecular weight excluding hydrogens is 609 g/mol. The summed E-state index contributed by atoms with van der Waals surface area (Å²) < 4.78 is 2.39. The molecule has 2 aliphatic heterocycles. The molecule has 0 radical (unpaired) electrons. The first-order chi connectivity index (χ1) is 24.8. The molecule has 11 rings (SSSR count). The van der Waals surface area contributed by atoms with Gasteiger partial charge in [0.05, 0.1) is 27.8 Å². The number of aromatic nitrogens is 2. The molecule has 1 spiro atoms. The van der Waals surface area contributed by atoms with Gasteiger partial charge in [0.1, 0.15) is 12.0 Å². The van der Waals surface area contributed by atoms with E-state index < -0.39 is 5.41 Å².